The highest BCUT2D eigenvalue weighted by atomic mass is 16.5. The van der Waals surface area contributed by atoms with Gasteiger partial charge in [0.25, 0.3) is 0 Å². The molecule has 0 aliphatic carbocycles. The maximum Gasteiger partial charge on any atom is 0.101 e. The molecule has 15 heavy (non-hydrogen) atoms. The maximum atomic E-state index is 5.67. The van der Waals surface area contributed by atoms with E-state index < -0.39 is 0 Å². The Morgan fingerprint density at radius 2 is 2.27 bits per heavy atom. The summed E-state index contributed by atoms with van der Waals surface area (Å²) in [7, 11) is 0. The fraction of sp³-hybridized carbons (Fsp3) is 0.231. The first kappa shape index (κ1) is 8.74. The zero-order chi connectivity index (χ0) is 10.3. The molecule has 0 amide bonds. The summed E-state index contributed by atoms with van der Waals surface area (Å²) in [6, 6.07) is 8.50. The Morgan fingerprint density at radius 3 is 3.07 bits per heavy atom. The van der Waals surface area contributed by atoms with Gasteiger partial charge in [-0.3, -0.25) is 0 Å². The lowest BCUT2D eigenvalue weighted by atomic mass is 10.1. The molecule has 0 saturated carbocycles. The van der Waals surface area contributed by atoms with Crippen molar-refractivity contribution in [3.05, 3.63) is 47.7 Å². The second-order valence-electron chi connectivity index (χ2n) is 4.07. The minimum Gasteiger partial charge on any atom is -0.365 e. The largest absolute Gasteiger partial charge is 0.365 e. The third-order valence-corrected chi connectivity index (χ3v) is 2.83. The van der Waals surface area contributed by atoms with E-state index >= 15 is 0 Å². The van der Waals surface area contributed by atoms with Crippen molar-refractivity contribution in [2.45, 2.75) is 13.0 Å². The molecular formula is C13H13NO. The average Bonchev–Trinajstić information content (AvgIpc) is 2.84. The van der Waals surface area contributed by atoms with Gasteiger partial charge in [0.05, 0.1) is 6.61 Å². The van der Waals surface area contributed by atoms with E-state index in [1.807, 2.05) is 6.20 Å². The molecule has 1 aromatic heterocycles. The average molecular weight is 199 g/mol. The van der Waals surface area contributed by atoms with Gasteiger partial charge in [-0.15, -0.1) is 0 Å². The number of hydrogen-bond donors (Lipinski definition) is 1. The number of fused-ring (bicyclic) bond motifs is 1. The van der Waals surface area contributed by atoms with Crippen LogP contribution in [0.1, 0.15) is 18.6 Å². The Balaban J connectivity index is 2.04. The summed E-state index contributed by atoms with van der Waals surface area (Å²) in [6.07, 6.45) is 4.29. The predicted octanol–water partition coefficient (Wildman–Crippen LogP) is 3.19. The van der Waals surface area contributed by atoms with Gasteiger partial charge in [-0.2, -0.15) is 0 Å². The standard InChI is InChI=1S/C13H13NO/c1-9-6-13(15-8-9)11-2-3-12-10(7-11)4-5-14-12/h2-7,13-14H,8H2,1H3. The lowest BCUT2D eigenvalue weighted by Gasteiger charge is -2.08. The molecule has 1 aromatic carbocycles. The summed E-state index contributed by atoms with van der Waals surface area (Å²) in [6.45, 7) is 2.87. The van der Waals surface area contributed by atoms with E-state index in [1.165, 1.54) is 22.0 Å². The molecule has 0 fully saturated rings. The van der Waals surface area contributed by atoms with Gasteiger partial charge >= 0.3 is 0 Å². The van der Waals surface area contributed by atoms with Gasteiger partial charge in [-0.05, 0) is 41.6 Å². The molecule has 1 unspecified atom stereocenters. The van der Waals surface area contributed by atoms with Gasteiger partial charge < -0.3 is 9.72 Å². The summed E-state index contributed by atoms with van der Waals surface area (Å²) < 4.78 is 5.67. The van der Waals surface area contributed by atoms with Crippen LogP contribution in [-0.4, -0.2) is 11.6 Å². The molecule has 0 saturated heterocycles. The Hall–Kier alpha value is -1.54. The van der Waals surface area contributed by atoms with Gasteiger partial charge in [-0.25, -0.2) is 0 Å². The van der Waals surface area contributed by atoms with Gasteiger partial charge in [0.15, 0.2) is 0 Å². The lowest BCUT2D eigenvalue weighted by Crippen LogP contribution is -1.95. The third-order valence-electron chi connectivity index (χ3n) is 2.83. The number of aromatic nitrogens is 1. The van der Waals surface area contributed by atoms with Crippen LogP contribution >= 0.6 is 0 Å². The number of aromatic amines is 1. The van der Waals surface area contributed by atoms with Crippen LogP contribution in [0.25, 0.3) is 10.9 Å². The van der Waals surface area contributed by atoms with Crippen molar-refractivity contribution in [1.82, 2.24) is 4.98 Å². The molecule has 1 N–H and O–H groups in total. The number of hydrogen-bond acceptors (Lipinski definition) is 1. The third kappa shape index (κ3) is 1.47. The predicted molar refractivity (Wildman–Crippen MR) is 60.7 cm³/mol. The molecule has 2 heteroatoms. The van der Waals surface area contributed by atoms with Crippen molar-refractivity contribution < 1.29 is 4.74 Å². The summed E-state index contributed by atoms with van der Waals surface area (Å²) >= 11 is 0. The SMILES string of the molecule is CC1=CC(c2ccc3[nH]ccc3c2)OC1. The second kappa shape index (κ2) is 3.24. The number of nitrogens with one attached hydrogen (secondary N) is 1. The molecule has 2 heterocycles. The van der Waals surface area contributed by atoms with Crippen molar-refractivity contribution in [1.29, 1.82) is 0 Å². The van der Waals surface area contributed by atoms with Crippen LogP contribution in [0.3, 0.4) is 0 Å². The number of ether oxygens (including phenoxy) is 1. The molecule has 1 aliphatic rings. The molecule has 0 radical (unpaired) electrons. The van der Waals surface area contributed by atoms with Crippen LogP contribution < -0.4 is 0 Å². The number of benzene rings is 1. The minimum absolute atomic E-state index is 0.143. The lowest BCUT2D eigenvalue weighted by molar-refractivity contribution is 0.126. The quantitative estimate of drug-likeness (QED) is 0.701. The molecule has 2 aromatic rings. The van der Waals surface area contributed by atoms with Gasteiger partial charge in [0, 0.05) is 11.7 Å². The zero-order valence-electron chi connectivity index (χ0n) is 8.66. The van der Waals surface area contributed by atoms with E-state index in [4.69, 9.17) is 4.74 Å². The zero-order valence-corrected chi connectivity index (χ0v) is 8.66. The number of H-pyrrole nitrogens is 1. The molecule has 76 valence electrons. The molecular weight excluding hydrogens is 186 g/mol. The molecule has 1 atom stereocenters. The first-order valence-electron chi connectivity index (χ1n) is 5.19. The number of rotatable bonds is 1. The fourth-order valence-corrected chi connectivity index (χ4v) is 2.02. The van der Waals surface area contributed by atoms with Gasteiger partial charge in [0.1, 0.15) is 6.10 Å². The monoisotopic (exact) mass is 199 g/mol. The summed E-state index contributed by atoms with van der Waals surface area (Å²) in [4.78, 5) is 3.19. The van der Waals surface area contributed by atoms with Crippen molar-refractivity contribution in [3.63, 3.8) is 0 Å². The highest BCUT2D eigenvalue weighted by molar-refractivity contribution is 5.80. The molecule has 0 bridgehead atoms. The van der Waals surface area contributed by atoms with Crippen molar-refractivity contribution in [2.24, 2.45) is 0 Å². The van der Waals surface area contributed by atoms with E-state index in [-0.39, 0.29) is 6.10 Å². The highest BCUT2D eigenvalue weighted by Crippen LogP contribution is 2.28. The molecule has 2 nitrogen and oxygen atoms in total. The second-order valence-corrected chi connectivity index (χ2v) is 4.07. The Morgan fingerprint density at radius 1 is 1.33 bits per heavy atom. The Bertz CT molecular complexity index is 524. The van der Waals surface area contributed by atoms with Gasteiger partial charge in [-0.1, -0.05) is 12.1 Å². The van der Waals surface area contributed by atoms with E-state index in [0.29, 0.717) is 0 Å². The van der Waals surface area contributed by atoms with Crippen molar-refractivity contribution >= 4 is 10.9 Å². The first-order chi connectivity index (χ1) is 7.33. The summed E-state index contributed by atoms with van der Waals surface area (Å²) in [5.41, 5.74) is 3.73. The van der Waals surface area contributed by atoms with Crippen LogP contribution in [0.2, 0.25) is 0 Å². The Kier molecular flexibility index (Phi) is 1.89. The van der Waals surface area contributed by atoms with E-state index in [2.05, 4.69) is 42.2 Å². The van der Waals surface area contributed by atoms with Crippen LogP contribution in [0, 0.1) is 0 Å². The molecule has 1 aliphatic heterocycles. The maximum absolute atomic E-state index is 5.67. The highest BCUT2D eigenvalue weighted by Gasteiger charge is 2.15. The summed E-state index contributed by atoms with van der Waals surface area (Å²) in [5.74, 6) is 0. The smallest absolute Gasteiger partial charge is 0.101 e. The Labute approximate surface area is 88.6 Å². The van der Waals surface area contributed by atoms with Crippen LogP contribution in [0.5, 0.6) is 0 Å². The van der Waals surface area contributed by atoms with Crippen LogP contribution in [-0.2, 0) is 4.74 Å². The van der Waals surface area contributed by atoms with Crippen molar-refractivity contribution in [3.8, 4) is 0 Å². The minimum atomic E-state index is 0.143. The topological polar surface area (TPSA) is 25.0 Å². The van der Waals surface area contributed by atoms with Crippen LogP contribution in [0.15, 0.2) is 42.1 Å². The van der Waals surface area contributed by atoms with Crippen molar-refractivity contribution in [2.75, 3.05) is 6.61 Å². The summed E-state index contributed by atoms with van der Waals surface area (Å²) in [5, 5.41) is 1.24. The van der Waals surface area contributed by atoms with E-state index in [1.54, 1.807) is 0 Å². The van der Waals surface area contributed by atoms with E-state index in [0.717, 1.165) is 6.61 Å². The van der Waals surface area contributed by atoms with Crippen LogP contribution in [0.4, 0.5) is 0 Å². The molecule has 0 spiro atoms. The molecule has 3 rings (SSSR count). The van der Waals surface area contributed by atoms with Gasteiger partial charge in [0.2, 0.25) is 0 Å². The fourth-order valence-electron chi connectivity index (χ4n) is 2.02. The van der Waals surface area contributed by atoms with E-state index in [9.17, 15) is 0 Å². The normalized spacial score (nSPS) is 20.9. The first-order valence-corrected chi connectivity index (χ1v) is 5.19.